The van der Waals surface area contributed by atoms with Crippen LogP contribution in [0.3, 0.4) is 0 Å². The van der Waals surface area contributed by atoms with Crippen LogP contribution in [-0.4, -0.2) is 33.7 Å². The Morgan fingerprint density at radius 3 is 3.00 bits per heavy atom. The van der Waals surface area contributed by atoms with Crippen molar-refractivity contribution in [3.63, 3.8) is 0 Å². The van der Waals surface area contributed by atoms with Crippen molar-refractivity contribution in [2.75, 3.05) is 29.2 Å². The van der Waals surface area contributed by atoms with E-state index in [1.807, 2.05) is 0 Å². The molecule has 0 spiro atoms. The van der Waals surface area contributed by atoms with E-state index in [1.165, 1.54) is 28.4 Å². The van der Waals surface area contributed by atoms with Gasteiger partial charge in [-0.05, 0) is 0 Å². The van der Waals surface area contributed by atoms with E-state index in [-0.39, 0.29) is 0 Å². The molecule has 1 aliphatic rings. The molecule has 0 aromatic carbocycles. The molecular weight excluding hydrogens is 239 g/mol. The molecule has 10 heavy (non-hydrogen) atoms. The second-order valence-corrected chi connectivity index (χ2v) is 6.07. The maximum absolute atomic E-state index is 5.70. The fourth-order valence-corrected chi connectivity index (χ4v) is 4.35. The van der Waals surface area contributed by atoms with Crippen molar-refractivity contribution in [2.24, 2.45) is 5.73 Å². The summed E-state index contributed by atoms with van der Waals surface area (Å²) in [7, 11) is 2.30. The first-order chi connectivity index (χ1) is 4.77. The van der Waals surface area contributed by atoms with E-state index in [2.05, 4.69) is 7.05 Å². The number of quaternary nitrogens is 1. The number of rotatable bonds is 1. The zero-order valence-electron chi connectivity index (χ0n) is 6.65. The molecule has 0 saturated carbocycles. The van der Waals surface area contributed by atoms with Crippen LogP contribution < -0.4 is 26.9 Å². The van der Waals surface area contributed by atoms with Gasteiger partial charge in [-0.2, -0.15) is 0 Å². The number of alkyl halides is 2. The summed E-state index contributed by atoms with van der Waals surface area (Å²) >= 11 is 0.483. The van der Waals surface area contributed by atoms with Gasteiger partial charge in [0.25, 0.3) is 0 Å². The number of nitrogens with two attached hydrogens (primary N) is 1. The molecule has 62 valence electrons. The fourth-order valence-electron chi connectivity index (χ4n) is 1.15. The predicted octanol–water partition coefficient (Wildman–Crippen LogP) is -2.81. The van der Waals surface area contributed by atoms with Gasteiger partial charge in [0.05, 0.1) is 0 Å². The van der Waals surface area contributed by atoms with Crippen LogP contribution in [0.25, 0.3) is 0 Å². The van der Waals surface area contributed by atoms with Gasteiger partial charge in [-0.3, -0.25) is 0 Å². The molecule has 1 fully saturated rings. The van der Waals surface area contributed by atoms with Crippen molar-refractivity contribution in [1.82, 2.24) is 0 Å². The molecule has 3 heteroatoms. The van der Waals surface area contributed by atoms with Gasteiger partial charge in [0.15, 0.2) is 0 Å². The summed E-state index contributed by atoms with van der Waals surface area (Å²) in [5.74, 6) is 0. The molecule has 1 rings (SSSR count). The van der Waals surface area contributed by atoms with E-state index in [0.29, 0.717) is 21.2 Å². The Morgan fingerprint density at radius 1 is 1.50 bits per heavy atom. The van der Waals surface area contributed by atoms with Crippen LogP contribution in [0.15, 0.2) is 0 Å². The Kier molecular flexibility index (Phi) is 3.39. The molecule has 0 aliphatic carbocycles. The van der Waals surface area contributed by atoms with Crippen molar-refractivity contribution in [1.29, 1.82) is 0 Å². The summed E-state index contributed by atoms with van der Waals surface area (Å²) < 4.78 is 4.06. The Balaban J connectivity index is 2.41. The summed E-state index contributed by atoms with van der Waals surface area (Å²) in [6, 6.07) is 0. The molecular formula is C7H17IN2. The SMILES string of the molecule is C[N+]1(CN)CCCC[I-]C1. The average Bonchev–Trinajstić information content (AvgIpc) is 2.15. The monoisotopic (exact) mass is 256 g/mol. The van der Waals surface area contributed by atoms with Gasteiger partial charge in [-0.15, -0.1) is 0 Å². The van der Waals surface area contributed by atoms with Gasteiger partial charge in [-0.1, -0.05) is 0 Å². The molecule has 1 aliphatic heterocycles. The molecule has 1 heterocycles. The number of nitrogens with zero attached hydrogens (tertiary/aromatic N) is 1. The van der Waals surface area contributed by atoms with Crippen molar-refractivity contribution in [3.8, 4) is 0 Å². The predicted molar refractivity (Wildman–Crippen MR) is 39.1 cm³/mol. The average molecular weight is 256 g/mol. The van der Waals surface area contributed by atoms with E-state index in [1.54, 1.807) is 0 Å². The van der Waals surface area contributed by atoms with Crippen LogP contribution in [0.2, 0.25) is 0 Å². The van der Waals surface area contributed by atoms with E-state index >= 15 is 0 Å². The van der Waals surface area contributed by atoms with Crippen LogP contribution in [-0.2, 0) is 0 Å². The molecule has 1 atom stereocenters. The van der Waals surface area contributed by atoms with Crippen LogP contribution in [0.4, 0.5) is 0 Å². The van der Waals surface area contributed by atoms with Crippen LogP contribution >= 0.6 is 0 Å². The van der Waals surface area contributed by atoms with Gasteiger partial charge >= 0.3 is 73.5 Å². The summed E-state index contributed by atoms with van der Waals surface area (Å²) in [6.07, 6.45) is 2.86. The van der Waals surface area contributed by atoms with Gasteiger partial charge in [-0.25, -0.2) is 0 Å². The first-order valence-corrected chi connectivity index (χ1v) is 6.89. The van der Waals surface area contributed by atoms with Crippen LogP contribution in [0.1, 0.15) is 12.8 Å². The number of hydrogen-bond acceptors (Lipinski definition) is 1. The minimum atomic E-state index is 0.483. The minimum absolute atomic E-state index is 0.483. The molecule has 0 bridgehead atoms. The zero-order valence-corrected chi connectivity index (χ0v) is 8.80. The Bertz CT molecular complexity index is 97.8. The molecule has 0 radical (unpaired) electrons. The van der Waals surface area contributed by atoms with Crippen LogP contribution in [0.5, 0.6) is 0 Å². The normalized spacial score (nSPS) is 36.2. The van der Waals surface area contributed by atoms with Gasteiger partial charge in [0.1, 0.15) is 0 Å². The third kappa shape index (κ3) is 2.36. The fraction of sp³-hybridized carbons (Fsp3) is 1.00. The number of hydrogen-bond donors (Lipinski definition) is 1. The first kappa shape index (κ1) is 8.74. The van der Waals surface area contributed by atoms with Crippen molar-refractivity contribution in [2.45, 2.75) is 12.8 Å². The van der Waals surface area contributed by atoms with Gasteiger partial charge in [0, 0.05) is 0 Å². The number of halogens is 1. The quantitative estimate of drug-likeness (QED) is 0.233. The van der Waals surface area contributed by atoms with Crippen molar-refractivity contribution >= 4 is 0 Å². The molecule has 2 N–H and O–H groups in total. The molecule has 2 nitrogen and oxygen atoms in total. The Labute approximate surface area is 73.6 Å². The second kappa shape index (κ2) is 3.88. The zero-order chi connectivity index (χ0) is 7.45. The van der Waals surface area contributed by atoms with E-state index in [4.69, 9.17) is 5.73 Å². The summed E-state index contributed by atoms with van der Waals surface area (Å²) in [4.78, 5) is 0. The summed E-state index contributed by atoms with van der Waals surface area (Å²) in [6.45, 7) is 2.16. The topological polar surface area (TPSA) is 26.0 Å². The second-order valence-electron chi connectivity index (χ2n) is 3.23. The Hall–Kier alpha value is 0.650. The third-order valence-electron chi connectivity index (χ3n) is 2.03. The van der Waals surface area contributed by atoms with E-state index < -0.39 is 0 Å². The van der Waals surface area contributed by atoms with Gasteiger partial charge < -0.3 is 0 Å². The molecule has 0 aromatic heterocycles. The summed E-state index contributed by atoms with van der Waals surface area (Å²) in [5, 5.41) is 0. The first-order valence-electron chi connectivity index (χ1n) is 3.84. The molecule has 0 aromatic rings. The van der Waals surface area contributed by atoms with E-state index in [9.17, 15) is 0 Å². The molecule has 1 saturated heterocycles. The molecule has 0 amide bonds. The van der Waals surface area contributed by atoms with E-state index in [0.717, 1.165) is 11.2 Å². The van der Waals surface area contributed by atoms with Gasteiger partial charge in [0.2, 0.25) is 0 Å². The van der Waals surface area contributed by atoms with Crippen LogP contribution in [0, 0.1) is 0 Å². The summed E-state index contributed by atoms with van der Waals surface area (Å²) in [5.41, 5.74) is 5.70. The molecule has 1 unspecified atom stereocenters. The Morgan fingerprint density at radius 2 is 2.30 bits per heavy atom. The van der Waals surface area contributed by atoms with Crippen molar-refractivity contribution < 1.29 is 25.7 Å². The standard InChI is InChI=1S/C7H17IN2/c1-10(7-9)5-3-2-4-8-6-10/h2-7,9H2,1H3. The maximum atomic E-state index is 5.70. The third-order valence-corrected chi connectivity index (χ3v) is 5.68. The van der Waals surface area contributed by atoms with Crippen molar-refractivity contribution in [3.05, 3.63) is 0 Å².